The van der Waals surface area contributed by atoms with E-state index in [4.69, 9.17) is 28.4 Å². The van der Waals surface area contributed by atoms with E-state index >= 15 is 0 Å². The molecule has 1 fully saturated rings. The molecule has 1 saturated heterocycles. The van der Waals surface area contributed by atoms with E-state index in [9.17, 15) is 0 Å². The lowest BCUT2D eigenvalue weighted by molar-refractivity contribution is -0.223. The third-order valence-corrected chi connectivity index (χ3v) is 7.51. The summed E-state index contributed by atoms with van der Waals surface area (Å²) in [6, 6.07) is 38.4. The first-order valence-electron chi connectivity index (χ1n) is 15.3. The van der Waals surface area contributed by atoms with Gasteiger partial charge in [0.05, 0.1) is 40.1 Å². The molecular formula is C38H42O6. The van der Waals surface area contributed by atoms with Gasteiger partial charge in [-0.3, -0.25) is 0 Å². The van der Waals surface area contributed by atoms with Crippen LogP contribution in [0.3, 0.4) is 0 Å². The fraction of sp³-hybridized carbons (Fsp3) is 0.316. The molecule has 1 aliphatic rings. The van der Waals surface area contributed by atoms with Gasteiger partial charge in [0.15, 0.2) is 6.10 Å². The van der Waals surface area contributed by atoms with Crippen LogP contribution in [0.5, 0.6) is 5.75 Å². The molecule has 0 amide bonds. The number of rotatable bonds is 15. The van der Waals surface area contributed by atoms with Crippen LogP contribution in [0.4, 0.5) is 0 Å². The summed E-state index contributed by atoms with van der Waals surface area (Å²) in [5.74, 6) is 1.56. The van der Waals surface area contributed by atoms with Crippen LogP contribution in [-0.4, -0.2) is 38.1 Å². The highest BCUT2D eigenvalue weighted by atomic mass is 16.6. The SMILES string of the molecule is CC/C=C1\O[C@H](COCc2ccc(OC)cc2)[C@@H](OCc2ccccc2)[C@H](OCc2ccccc2)[C@@H]1OCc1ccccc1. The Morgan fingerprint density at radius 1 is 0.591 bits per heavy atom. The average Bonchev–Trinajstić information content (AvgIpc) is 3.08. The Balaban J connectivity index is 1.40. The third-order valence-electron chi connectivity index (χ3n) is 7.51. The minimum atomic E-state index is -0.461. The summed E-state index contributed by atoms with van der Waals surface area (Å²) in [6.07, 6.45) is 1.11. The van der Waals surface area contributed by atoms with Crippen molar-refractivity contribution >= 4 is 0 Å². The first kappa shape index (κ1) is 31.5. The van der Waals surface area contributed by atoms with Crippen LogP contribution >= 0.6 is 0 Å². The molecule has 0 saturated carbocycles. The van der Waals surface area contributed by atoms with Crippen molar-refractivity contribution in [1.82, 2.24) is 0 Å². The number of benzene rings is 4. The number of hydrogen-bond acceptors (Lipinski definition) is 6. The van der Waals surface area contributed by atoms with E-state index in [1.807, 2.05) is 78.9 Å². The Morgan fingerprint density at radius 2 is 1.09 bits per heavy atom. The van der Waals surface area contributed by atoms with Crippen LogP contribution in [-0.2, 0) is 50.1 Å². The Labute approximate surface area is 261 Å². The molecule has 0 aromatic heterocycles. The van der Waals surface area contributed by atoms with Gasteiger partial charge in [0.2, 0.25) is 0 Å². The predicted octanol–water partition coefficient (Wildman–Crippen LogP) is 7.66. The number of hydrogen-bond donors (Lipinski definition) is 0. The summed E-state index contributed by atoms with van der Waals surface area (Å²) >= 11 is 0. The zero-order valence-corrected chi connectivity index (χ0v) is 25.5. The summed E-state index contributed by atoms with van der Waals surface area (Å²) in [7, 11) is 1.66. The standard InChI is InChI=1S/C38H42O6/c1-3-13-34-36(41-25-29-14-7-4-8-15-29)38(43-27-31-18-11-6-12-19-31)37(42-26-30-16-9-5-10-17-30)35(44-34)28-40-24-32-20-22-33(39-2)23-21-32/h4-23,35-38H,3,24-28H2,1-2H3/b34-13-/t35-,36-,37-,38-/m1/s1. The fourth-order valence-corrected chi connectivity index (χ4v) is 5.22. The molecule has 44 heavy (non-hydrogen) atoms. The van der Waals surface area contributed by atoms with E-state index in [1.54, 1.807) is 7.11 Å². The summed E-state index contributed by atoms with van der Waals surface area (Å²) in [4.78, 5) is 0. The lowest BCUT2D eigenvalue weighted by Crippen LogP contribution is -2.56. The van der Waals surface area contributed by atoms with Crippen LogP contribution < -0.4 is 4.74 Å². The summed E-state index contributed by atoms with van der Waals surface area (Å²) in [6.45, 7) is 4.10. The molecule has 1 heterocycles. The lowest BCUT2D eigenvalue weighted by atomic mass is 9.96. The van der Waals surface area contributed by atoms with Crippen molar-refractivity contribution in [3.63, 3.8) is 0 Å². The zero-order chi connectivity index (χ0) is 30.4. The second-order valence-corrected chi connectivity index (χ2v) is 10.8. The first-order valence-corrected chi connectivity index (χ1v) is 15.3. The van der Waals surface area contributed by atoms with E-state index in [0.29, 0.717) is 33.0 Å². The second kappa shape index (κ2) is 16.8. The van der Waals surface area contributed by atoms with Gasteiger partial charge in [-0.15, -0.1) is 0 Å². The molecule has 0 aliphatic carbocycles. The monoisotopic (exact) mass is 594 g/mol. The Kier molecular flexibility index (Phi) is 12.0. The number of ether oxygens (including phenoxy) is 6. The third kappa shape index (κ3) is 9.04. The highest BCUT2D eigenvalue weighted by Crippen LogP contribution is 2.33. The minimum Gasteiger partial charge on any atom is -0.497 e. The number of methoxy groups -OCH3 is 1. The second-order valence-electron chi connectivity index (χ2n) is 10.8. The van der Waals surface area contributed by atoms with E-state index < -0.39 is 24.4 Å². The van der Waals surface area contributed by atoms with Crippen molar-refractivity contribution in [2.24, 2.45) is 0 Å². The Bertz CT molecular complexity index is 1390. The molecule has 0 unspecified atom stereocenters. The van der Waals surface area contributed by atoms with Gasteiger partial charge in [0.1, 0.15) is 29.8 Å². The predicted molar refractivity (Wildman–Crippen MR) is 171 cm³/mol. The summed E-state index contributed by atoms with van der Waals surface area (Å²) in [5, 5.41) is 0. The largest absolute Gasteiger partial charge is 0.497 e. The van der Waals surface area contributed by atoms with Gasteiger partial charge in [-0.05, 0) is 46.9 Å². The van der Waals surface area contributed by atoms with E-state index in [-0.39, 0.29) is 0 Å². The molecule has 0 bridgehead atoms. The van der Waals surface area contributed by atoms with Crippen LogP contribution in [0.2, 0.25) is 0 Å². The molecule has 0 spiro atoms. The number of allylic oxidation sites excluding steroid dienone is 1. The van der Waals surface area contributed by atoms with Gasteiger partial charge in [0, 0.05) is 0 Å². The molecule has 4 aromatic carbocycles. The molecule has 4 aromatic rings. The molecule has 6 nitrogen and oxygen atoms in total. The van der Waals surface area contributed by atoms with Crippen molar-refractivity contribution in [3.05, 3.63) is 149 Å². The lowest BCUT2D eigenvalue weighted by Gasteiger charge is -2.43. The van der Waals surface area contributed by atoms with Crippen molar-refractivity contribution in [1.29, 1.82) is 0 Å². The van der Waals surface area contributed by atoms with E-state index in [0.717, 1.165) is 40.2 Å². The van der Waals surface area contributed by atoms with Gasteiger partial charge >= 0.3 is 0 Å². The minimum absolute atomic E-state index is 0.323. The summed E-state index contributed by atoms with van der Waals surface area (Å²) < 4.78 is 38.2. The average molecular weight is 595 g/mol. The summed E-state index contributed by atoms with van der Waals surface area (Å²) in [5.41, 5.74) is 4.28. The van der Waals surface area contributed by atoms with Gasteiger partial charge < -0.3 is 28.4 Å². The Morgan fingerprint density at radius 3 is 1.61 bits per heavy atom. The van der Waals surface area contributed by atoms with Crippen LogP contribution in [0.1, 0.15) is 35.6 Å². The van der Waals surface area contributed by atoms with Gasteiger partial charge in [0.25, 0.3) is 0 Å². The smallest absolute Gasteiger partial charge is 0.150 e. The van der Waals surface area contributed by atoms with E-state index in [2.05, 4.69) is 49.4 Å². The van der Waals surface area contributed by atoms with Crippen molar-refractivity contribution in [2.45, 2.75) is 64.2 Å². The maximum Gasteiger partial charge on any atom is 0.150 e. The molecule has 0 N–H and O–H groups in total. The maximum absolute atomic E-state index is 6.73. The molecule has 230 valence electrons. The normalized spacial score (nSPS) is 20.7. The van der Waals surface area contributed by atoms with Crippen LogP contribution in [0, 0.1) is 0 Å². The molecule has 0 radical (unpaired) electrons. The maximum atomic E-state index is 6.73. The Hall–Kier alpha value is -3.94. The molecule has 1 aliphatic heterocycles. The first-order chi connectivity index (χ1) is 21.7. The van der Waals surface area contributed by atoms with Crippen LogP contribution in [0.15, 0.2) is 127 Å². The van der Waals surface area contributed by atoms with Gasteiger partial charge in [-0.25, -0.2) is 0 Å². The fourth-order valence-electron chi connectivity index (χ4n) is 5.22. The highest BCUT2D eigenvalue weighted by molar-refractivity contribution is 5.26. The topological polar surface area (TPSA) is 55.4 Å². The van der Waals surface area contributed by atoms with Crippen LogP contribution in [0.25, 0.3) is 0 Å². The zero-order valence-electron chi connectivity index (χ0n) is 25.5. The van der Waals surface area contributed by atoms with Gasteiger partial charge in [-0.2, -0.15) is 0 Å². The van der Waals surface area contributed by atoms with Crippen molar-refractivity contribution in [2.75, 3.05) is 13.7 Å². The molecular weight excluding hydrogens is 552 g/mol. The molecule has 6 heteroatoms. The molecule has 4 atom stereocenters. The highest BCUT2D eigenvalue weighted by Gasteiger charge is 2.46. The van der Waals surface area contributed by atoms with Crippen molar-refractivity contribution < 1.29 is 28.4 Å². The van der Waals surface area contributed by atoms with Crippen molar-refractivity contribution in [3.8, 4) is 5.75 Å². The quantitative estimate of drug-likeness (QED) is 0.141. The van der Waals surface area contributed by atoms with Gasteiger partial charge in [-0.1, -0.05) is 110 Å². The van der Waals surface area contributed by atoms with E-state index in [1.165, 1.54) is 0 Å². The molecule has 5 rings (SSSR count).